The molecule has 6 nitrogen and oxygen atoms in total. The number of rotatable bonds is 8. The monoisotopic (exact) mass is 399 g/mol. The lowest BCUT2D eigenvalue weighted by Crippen LogP contribution is -2.30. The van der Waals surface area contributed by atoms with Gasteiger partial charge >= 0.3 is 11.9 Å². The predicted octanol–water partition coefficient (Wildman–Crippen LogP) is 4.23. The number of hydrogen-bond donors (Lipinski definition) is 2. The Kier molecular flexibility index (Phi) is 11.5. The second-order valence-corrected chi connectivity index (χ2v) is 7.09. The van der Waals surface area contributed by atoms with Crippen LogP contribution in [0.25, 0.3) is 0 Å². The van der Waals surface area contributed by atoms with E-state index in [-0.39, 0.29) is 0 Å². The van der Waals surface area contributed by atoms with Crippen molar-refractivity contribution in [3.63, 3.8) is 0 Å². The van der Waals surface area contributed by atoms with E-state index in [0.717, 1.165) is 29.4 Å². The summed E-state index contributed by atoms with van der Waals surface area (Å²) in [5.74, 6) is -2.71. The number of ether oxygens (including phenoxy) is 1. The van der Waals surface area contributed by atoms with Crippen molar-refractivity contribution >= 4 is 23.5 Å². The van der Waals surface area contributed by atoms with Crippen LogP contribution < -0.4 is 4.74 Å². The lowest BCUT2D eigenvalue weighted by molar-refractivity contribution is -0.159. The summed E-state index contributed by atoms with van der Waals surface area (Å²) in [5, 5.41) is 15.6. The Bertz CT molecular complexity index is 576. The standard InChI is InChI=1S/C18H28ClNO.C2H2O4/c1-16-15-17(9-10-18(16)19)21-14-8-3-2-5-11-20-12-6-4-7-13-20;3-1(4)2(5)6/h9-10,15H,2-8,11-14H2,1H3;(H,3,4)(H,5,6). The van der Waals surface area contributed by atoms with Crippen LogP contribution in [0.2, 0.25) is 5.02 Å². The number of carboxylic acid groups (broad SMARTS) is 2. The minimum Gasteiger partial charge on any atom is -0.494 e. The molecule has 0 unspecified atom stereocenters. The Labute approximate surface area is 166 Å². The molecule has 0 radical (unpaired) electrons. The maximum absolute atomic E-state index is 9.10. The summed E-state index contributed by atoms with van der Waals surface area (Å²) >= 11 is 6.00. The summed E-state index contributed by atoms with van der Waals surface area (Å²) in [7, 11) is 0. The Morgan fingerprint density at radius 2 is 1.67 bits per heavy atom. The lowest BCUT2D eigenvalue weighted by Gasteiger charge is -2.26. The number of carboxylic acids is 2. The first kappa shape index (κ1) is 23.2. The second-order valence-electron chi connectivity index (χ2n) is 6.69. The van der Waals surface area contributed by atoms with Gasteiger partial charge in [-0.1, -0.05) is 30.9 Å². The number of halogens is 1. The van der Waals surface area contributed by atoms with E-state index in [1.165, 1.54) is 58.2 Å². The van der Waals surface area contributed by atoms with E-state index >= 15 is 0 Å². The van der Waals surface area contributed by atoms with E-state index < -0.39 is 11.9 Å². The van der Waals surface area contributed by atoms with Crippen LogP contribution in [0.15, 0.2) is 18.2 Å². The minimum atomic E-state index is -1.82. The highest BCUT2D eigenvalue weighted by Crippen LogP contribution is 2.21. The molecular formula is C20H30ClNO5. The minimum absolute atomic E-state index is 0.806. The molecule has 152 valence electrons. The smallest absolute Gasteiger partial charge is 0.414 e. The Morgan fingerprint density at radius 3 is 2.26 bits per heavy atom. The van der Waals surface area contributed by atoms with Crippen LogP contribution in [0.3, 0.4) is 0 Å². The van der Waals surface area contributed by atoms with Gasteiger partial charge in [0.25, 0.3) is 0 Å². The lowest BCUT2D eigenvalue weighted by atomic mass is 10.1. The van der Waals surface area contributed by atoms with Gasteiger partial charge in [0.2, 0.25) is 0 Å². The average Bonchev–Trinajstić information content (AvgIpc) is 2.65. The molecule has 0 bridgehead atoms. The summed E-state index contributed by atoms with van der Waals surface area (Å²) in [6.07, 6.45) is 9.28. The Hall–Kier alpha value is -1.79. The zero-order chi connectivity index (χ0) is 20.1. The number of piperidine rings is 1. The molecule has 0 aliphatic carbocycles. The molecule has 0 amide bonds. The molecule has 1 aliphatic rings. The molecule has 1 heterocycles. The predicted molar refractivity (Wildman–Crippen MR) is 106 cm³/mol. The molecule has 1 aliphatic heterocycles. The first-order valence-corrected chi connectivity index (χ1v) is 9.85. The normalized spacial score (nSPS) is 14.1. The number of carbonyl (C=O) groups is 2. The number of hydrogen-bond acceptors (Lipinski definition) is 4. The summed E-state index contributed by atoms with van der Waals surface area (Å²) in [5.41, 5.74) is 1.08. The molecule has 1 aromatic rings. The van der Waals surface area contributed by atoms with Crippen LogP contribution in [0.4, 0.5) is 0 Å². The molecule has 27 heavy (non-hydrogen) atoms. The van der Waals surface area contributed by atoms with Crippen molar-refractivity contribution in [1.29, 1.82) is 0 Å². The summed E-state index contributed by atoms with van der Waals surface area (Å²) in [6, 6.07) is 5.87. The quantitative estimate of drug-likeness (QED) is 0.502. The number of unbranched alkanes of at least 4 members (excludes halogenated alkanes) is 3. The number of nitrogens with zero attached hydrogens (tertiary/aromatic N) is 1. The fraction of sp³-hybridized carbons (Fsp3) is 0.600. The van der Waals surface area contributed by atoms with E-state index in [1.807, 2.05) is 25.1 Å². The zero-order valence-electron chi connectivity index (χ0n) is 16.0. The number of aryl methyl sites for hydroxylation is 1. The largest absolute Gasteiger partial charge is 0.494 e. The Balaban J connectivity index is 0.000000527. The van der Waals surface area contributed by atoms with E-state index in [9.17, 15) is 0 Å². The fourth-order valence-corrected chi connectivity index (χ4v) is 2.99. The molecule has 2 N–H and O–H groups in total. The van der Waals surface area contributed by atoms with Gasteiger partial charge in [-0.05, 0) is 76.0 Å². The van der Waals surface area contributed by atoms with Gasteiger partial charge in [0.1, 0.15) is 5.75 Å². The van der Waals surface area contributed by atoms with Crippen molar-refractivity contribution in [1.82, 2.24) is 4.90 Å². The van der Waals surface area contributed by atoms with Crippen molar-refractivity contribution in [3.8, 4) is 5.75 Å². The van der Waals surface area contributed by atoms with E-state index in [2.05, 4.69) is 4.90 Å². The van der Waals surface area contributed by atoms with Crippen molar-refractivity contribution in [2.45, 2.75) is 51.9 Å². The number of benzene rings is 1. The van der Waals surface area contributed by atoms with Gasteiger partial charge < -0.3 is 19.8 Å². The van der Waals surface area contributed by atoms with Gasteiger partial charge in [-0.3, -0.25) is 0 Å². The van der Waals surface area contributed by atoms with Gasteiger partial charge in [0, 0.05) is 5.02 Å². The van der Waals surface area contributed by atoms with Crippen molar-refractivity contribution in [3.05, 3.63) is 28.8 Å². The topological polar surface area (TPSA) is 87.1 Å². The van der Waals surface area contributed by atoms with Crippen LogP contribution in [-0.2, 0) is 9.59 Å². The Morgan fingerprint density at radius 1 is 1.04 bits per heavy atom. The first-order chi connectivity index (χ1) is 12.9. The van der Waals surface area contributed by atoms with Crippen LogP contribution in [-0.4, -0.2) is 53.3 Å². The van der Waals surface area contributed by atoms with Gasteiger partial charge in [-0.15, -0.1) is 0 Å². The highest BCUT2D eigenvalue weighted by Gasteiger charge is 2.08. The SMILES string of the molecule is Cc1cc(OCCCCCCN2CCCCC2)ccc1Cl.O=C(O)C(=O)O. The number of likely N-dealkylation sites (tertiary alicyclic amines) is 1. The van der Waals surface area contributed by atoms with Crippen molar-refractivity contribution < 1.29 is 24.5 Å². The van der Waals surface area contributed by atoms with Crippen molar-refractivity contribution in [2.75, 3.05) is 26.2 Å². The molecule has 2 rings (SSSR count). The number of aliphatic carboxylic acids is 2. The summed E-state index contributed by atoms with van der Waals surface area (Å²) in [4.78, 5) is 20.8. The fourth-order valence-electron chi connectivity index (χ4n) is 2.87. The third-order valence-electron chi connectivity index (χ3n) is 4.40. The molecule has 1 aromatic carbocycles. The molecule has 7 heteroatoms. The average molecular weight is 400 g/mol. The first-order valence-electron chi connectivity index (χ1n) is 9.47. The third kappa shape index (κ3) is 10.8. The molecule has 0 atom stereocenters. The van der Waals surface area contributed by atoms with Gasteiger partial charge in [-0.2, -0.15) is 0 Å². The molecule has 0 spiro atoms. The van der Waals surface area contributed by atoms with Crippen LogP contribution in [0.5, 0.6) is 5.75 Å². The van der Waals surface area contributed by atoms with Crippen LogP contribution >= 0.6 is 11.6 Å². The molecular weight excluding hydrogens is 370 g/mol. The van der Waals surface area contributed by atoms with E-state index in [0.29, 0.717) is 0 Å². The zero-order valence-corrected chi connectivity index (χ0v) is 16.7. The van der Waals surface area contributed by atoms with Gasteiger partial charge in [0.05, 0.1) is 6.61 Å². The van der Waals surface area contributed by atoms with Gasteiger partial charge in [-0.25, -0.2) is 9.59 Å². The van der Waals surface area contributed by atoms with Crippen LogP contribution in [0, 0.1) is 6.92 Å². The maximum atomic E-state index is 9.10. The molecule has 0 saturated carbocycles. The van der Waals surface area contributed by atoms with Gasteiger partial charge in [0.15, 0.2) is 0 Å². The highest BCUT2D eigenvalue weighted by atomic mass is 35.5. The maximum Gasteiger partial charge on any atom is 0.414 e. The summed E-state index contributed by atoms with van der Waals surface area (Å²) in [6.45, 7) is 6.75. The van der Waals surface area contributed by atoms with Crippen molar-refractivity contribution in [2.24, 2.45) is 0 Å². The third-order valence-corrected chi connectivity index (χ3v) is 4.82. The highest BCUT2D eigenvalue weighted by molar-refractivity contribution is 6.31. The molecule has 1 fully saturated rings. The van der Waals surface area contributed by atoms with Crippen LogP contribution in [0.1, 0.15) is 50.5 Å². The second kappa shape index (κ2) is 13.4. The van der Waals surface area contributed by atoms with E-state index in [1.54, 1.807) is 0 Å². The molecule has 0 aromatic heterocycles. The molecule has 1 saturated heterocycles. The summed E-state index contributed by atoms with van der Waals surface area (Å²) < 4.78 is 5.77. The van der Waals surface area contributed by atoms with E-state index in [4.69, 9.17) is 36.1 Å².